The van der Waals surface area contributed by atoms with Gasteiger partial charge in [-0.1, -0.05) is 13.8 Å². The summed E-state index contributed by atoms with van der Waals surface area (Å²) in [5.74, 6) is 2.42. The fraction of sp³-hybridized carbons (Fsp3) is 0.714. The Hall–Kier alpha value is -1.32. The van der Waals surface area contributed by atoms with Crippen LogP contribution in [0, 0.1) is 5.92 Å². The number of hydrogen-bond acceptors (Lipinski definition) is 4. The molecule has 1 heterocycles. The predicted molar refractivity (Wildman–Crippen MR) is 72.9 cm³/mol. The lowest BCUT2D eigenvalue weighted by molar-refractivity contribution is 0.304. The van der Waals surface area contributed by atoms with Gasteiger partial charge in [0, 0.05) is 12.1 Å². The molecule has 0 unspecified atom stereocenters. The van der Waals surface area contributed by atoms with Crippen molar-refractivity contribution in [2.75, 3.05) is 11.9 Å². The summed E-state index contributed by atoms with van der Waals surface area (Å²) < 4.78 is 5.51. The van der Waals surface area contributed by atoms with Crippen molar-refractivity contribution in [3.8, 4) is 5.88 Å². The molecule has 1 aliphatic carbocycles. The molecule has 1 aromatic rings. The van der Waals surface area contributed by atoms with Crippen LogP contribution in [-0.4, -0.2) is 22.6 Å². The summed E-state index contributed by atoms with van der Waals surface area (Å²) in [7, 11) is 0. The molecule has 4 nitrogen and oxygen atoms in total. The molecule has 0 aliphatic heterocycles. The second kappa shape index (κ2) is 6.57. The van der Waals surface area contributed by atoms with Gasteiger partial charge in [0.1, 0.15) is 12.1 Å². The lowest BCUT2D eigenvalue weighted by Crippen LogP contribution is -2.25. The molecule has 1 saturated carbocycles. The van der Waals surface area contributed by atoms with Gasteiger partial charge in [0.2, 0.25) is 5.88 Å². The molecule has 0 amide bonds. The van der Waals surface area contributed by atoms with E-state index in [4.69, 9.17) is 4.74 Å². The van der Waals surface area contributed by atoms with E-state index in [1.807, 2.05) is 6.07 Å². The maximum absolute atomic E-state index is 5.51. The molecule has 2 rings (SSSR count). The number of rotatable bonds is 5. The van der Waals surface area contributed by atoms with Gasteiger partial charge in [0.25, 0.3) is 0 Å². The van der Waals surface area contributed by atoms with E-state index in [2.05, 4.69) is 29.1 Å². The Bertz CT molecular complexity index is 362. The van der Waals surface area contributed by atoms with Crippen LogP contribution < -0.4 is 10.1 Å². The number of anilines is 1. The topological polar surface area (TPSA) is 47.0 Å². The summed E-state index contributed by atoms with van der Waals surface area (Å²) in [6, 6.07) is 2.45. The largest absolute Gasteiger partial charge is 0.478 e. The Morgan fingerprint density at radius 3 is 2.78 bits per heavy atom. The molecule has 4 heteroatoms. The highest BCUT2D eigenvalue weighted by atomic mass is 16.5. The Morgan fingerprint density at radius 1 is 1.28 bits per heavy atom. The summed E-state index contributed by atoms with van der Waals surface area (Å²) in [6.45, 7) is 5.12. The Balaban J connectivity index is 1.88. The van der Waals surface area contributed by atoms with Gasteiger partial charge in [-0.15, -0.1) is 0 Å². The predicted octanol–water partition coefficient (Wildman–Crippen LogP) is 3.26. The minimum absolute atomic E-state index is 0.551. The smallest absolute Gasteiger partial charge is 0.218 e. The normalized spacial score (nSPS) is 23.7. The molecule has 1 aliphatic rings. The van der Waals surface area contributed by atoms with Gasteiger partial charge in [0.15, 0.2) is 0 Å². The molecule has 0 spiro atoms. The van der Waals surface area contributed by atoms with Gasteiger partial charge in [-0.05, 0) is 38.0 Å². The van der Waals surface area contributed by atoms with E-state index in [0.717, 1.165) is 18.2 Å². The van der Waals surface area contributed by atoms with Gasteiger partial charge in [0.05, 0.1) is 6.61 Å². The Kier molecular flexibility index (Phi) is 4.79. The van der Waals surface area contributed by atoms with Crippen molar-refractivity contribution < 1.29 is 4.74 Å². The molecule has 100 valence electrons. The van der Waals surface area contributed by atoms with Crippen LogP contribution in [0.2, 0.25) is 0 Å². The van der Waals surface area contributed by atoms with Gasteiger partial charge in [-0.2, -0.15) is 0 Å². The van der Waals surface area contributed by atoms with E-state index in [-0.39, 0.29) is 0 Å². The first-order valence-electron chi connectivity index (χ1n) is 6.99. The minimum Gasteiger partial charge on any atom is -0.478 e. The molecular formula is C14H23N3O. The van der Waals surface area contributed by atoms with Crippen molar-refractivity contribution >= 4 is 5.82 Å². The summed E-state index contributed by atoms with van der Waals surface area (Å²) in [4.78, 5) is 8.37. The summed E-state index contributed by atoms with van der Waals surface area (Å²) in [6.07, 6.45) is 7.64. The quantitative estimate of drug-likeness (QED) is 0.870. The van der Waals surface area contributed by atoms with Crippen molar-refractivity contribution in [3.63, 3.8) is 0 Å². The maximum atomic E-state index is 5.51. The van der Waals surface area contributed by atoms with Crippen LogP contribution in [0.1, 0.15) is 46.0 Å². The second-order valence-electron chi connectivity index (χ2n) is 5.19. The lowest BCUT2D eigenvalue weighted by Gasteiger charge is -2.27. The average molecular weight is 249 g/mol. The molecule has 0 aromatic carbocycles. The van der Waals surface area contributed by atoms with Crippen molar-refractivity contribution in [2.45, 2.75) is 52.0 Å². The number of ether oxygens (including phenoxy) is 1. The molecule has 1 aromatic heterocycles. The molecular weight excluding hydrogens is 226 g/mol. The van der Waals surface area contributed by atoms with Gasteiger partial charge >= 0.3 is 0 Å². The van der Waals surface area contributed by atoms with Crippen molar-refractivity contribution in [1.29, 1.82) is 0 Å². The molecule has 0 radical (unpaired) electrons. The van der Waals surface area contributed by atoms with Crippen LogP contribution in [-0.2, 0) is 0 Å². The molecule has 0 atom stereocenters. The van der Waals surface area contributed by atoms with E-state index in [1.54, 1.807) is 6.33 Å². The van der Waals surface area contributed by atoms with Crippen LogP contribution in [0.15, 0.2) is 12.4 Å². The van der Waals surface area contributed by atoms with Gasteiger partial charge in [-0.25, -0.2) is 9.97 Å². The summed E-state index contributed by atoms with van der Waals surface area (Å²) >= 11 is 0. The number of nitrogens with zero attached hydrogens (tertiary/aromatic N) is 2. The first-order chi connectivity index (χ1) is 8.78. The summed E-state index contributed by atoms with van der Waals surface area (Å²) in [5.41, 5.74) is 0. The maximum Gasteiger partial charge on any atom is 0.218 e. The van der Waals surface area contributed by atoms with Crippen molar-refractivity contribution in [1.82, 2.24) is 9.97 Å². The Labute approximate surface area is 109 Å². The van der Waals surface area contributed by atoms with E-state index >= 15 is 0 Å². The number of nitrogens with one attached hydrogen (secondary N) is 1. The van der Waals surface area contributed by atoms with Crippen LogP contribution in [0.3, 0.4) is 0 Å². The third-order valence-electron chi connectivity index (χ3n) is 3.46. The molecule has 18 heavy (non-hydrogen) atoms. The van der Waals surface area contributed by atoms with Crippen molar-refractivity contribution in [2.24, 2.45) is 5.92 Å². The third kappa shape index (κ3) is 3.86. The Morgan fingerprint density at radius 2 is 2.06 bits per heavy atom. The van der Waals surface area contributed by atoms with Gasteiger partial charge in [-0.3, -0.25) is 0 Å². The van der Waals surface area contributed by atoms with E-state index in [9.17, 15) is 0 Å². The monoisotopic (exact) mass is 249 g/mol. The van der Waals surface area contributed by atoms with E-state index < -0.39 is 0 Å². The third-order valence-corrected chi connectivity index (χ3v) is 3.46. The first kappa shape index (κ1) is 13.1. The molecule has 0 saturated heterocycles. The number of hydrogen-bond donors (Lipinski definition) is 1. The van der Waals surface area contributed by atoms with Crippen LogP contribution >= 0.6 is 0 Å². The fourth-order valence-corrected chi connectivity index (χ4v) is 2.32. The molecule has 0 bridgehead atoms. The van der Waals surface area contributed by atoms with Crippen LogP contribution in [0.25, 0.3) is 0 Å². The minimum atomic E-state index is 0.551. The fourth-order valence-electron chi connectivity index (χ4n) is 2.32. The second-order valence-corrected chi connectivity index (χ2v) is 5.19. The van der Waals surface area contributed by atoms with E-state index in [0.29, 0.717) is 18.5 Å². The number of aromatic nitrogens is 2. The standard InChI is InChI=1S/C14H23N3O/c1-3-8-18-14-9-13(15-10-16-14)17-12-6-4-11(2)5-7-12/h9-12H,3-8H2,1-2H3,(H,15,16,17). The average Bonchev–Trinajstić information content (AvgIpc) is 2.40. The van der Waals surface area contributed by atoms with Crippen LogP contribution in [0.5, 0.6) is 5.88 Å². The van der Waals surface area contributed by atoms with E-state index in [1.165, 1.54) is 25.7 Å². The zero-order valence-corrected chi connectivity index (χ0v) is 11.4. The first-order valence-corrected chi connectivity index (χ1v) is 6.99. The van der Waals surface area contributed by atoms with Gasteiger partial charge < -0.3 is 10.1 Å². The SMILES string of the molecule is CCCOc1cc(NC2CCC(C)CC2)ncn1. The highest BCUT2D eigenvalue weighted by Crippen LogP contribution is 2.25. The highest BCUT2D eigenvalue weighted by molar-refractivity contribution is 5.38. The van der Waals surface area contributed by atoms with Crippen LogP contribution in [0.4, 0.5) is 5.82 Å². The van der Waals surface area contributed by atoms with Crippen molar-refractivity contribution in [3.05, 3.63) is 12.4 Å². The summed E-state index contributed by atoms with van der Waals surface area (Å²) in [5, 5.41) is 3.49. The molecule has 1 N–H and O–H groups in total. The highest BCUT2D eigenvalue weighted by Gasteiger charge is 2.18. The zero-order valence-electron chi connectivity index (χ0n) is 11.4. The molecule has 1 fully saturated rings. The zero-order chi connectivity index (χ0) is 12.8. The lowest BCUT2D eigenvalue weighted by atomic mass is 9.87.